The highest BCUT2D eigenvalue weighted by molar-refractivity contribution is 6.28. The van der Waals surface area contributed by atoms with Gasteiger partial charge >= 0.3 is 0 Å². The Kier molecular flexibility index (Phi) is 3.56. The molecule has 0 atom stereocenters. The molecule has 0 spiro atoms. The molecule has 18 heavy (non-hydrogen) atoms. The lowest BCUT2D eigenvalue weighted by Crippen LogP contribution is -2.06. The van der Waals surface area contributed by atoms with Gasteiger partial charge in [-0.15, -0.1) is 10.2 Å². The molecule has 0 fully saturated rings. The van der Waals surface area contributed by atoms with Crippen LogP contribution in [0.1, 0.15) is 19.2 Å². The maximum Gasteiger partial charge on any atom is 0.229 e. The average Bonchev–Trinajstić information content (AvgIpc) is 2.69. The van der Waals surface area contributed by atoms with Gasteiger partial charge in [-0.25, -0.2) is 13.2 Å². The largest absolute Gasteiger partial charge is 0.267 e. The molecule has 0 amide bonds. The number of nitrogens with zero attached hydrogens (tertiary/aromatic N) is 3. The number of aromatic nitrogens is 3. The van der Waals surface area contributed by atoms with Crippen molar-refractivity contribution in [1.29, 1.82) is 0 Å². The topological polar surface area (TPSA) is 30.7 Å². The van der Waals surface area contributed by atoms with Gasteiger partial charge in [0.15, 0.2) is 17.5 Å². The Labute approximate surface area is 106 Å². The lowest BCUT2D eigenvalue weighted by Gasteiger charge is -2.09. The van der Waals surface area contributed by atoms with Crippen molar-refractivity contribution in [2.24, 2.45) is 0 Å². The highest BCUT2D eigenvalue weighted by atomic mass is 35.5. The second-order valence-corrected chi connectivity index (χ2v) is 4.00. The predicted molar refractivity (Wildman–Crippen MR) is 60.2 cm³/mol. The first-order valence-corrected chi connectivity index (χ1v) is 5.67. The molecule has 1 heterocycles. The van der Waals surface area contributed by atoms with Crippen molar-refractivity contribution in [3.8, 4) is 5.69 Å². The third kappa shape index (κ3) is 2.08. The van der Waals surface area contributed by atoms with Crippen molar-refractivity contribution >= 4 is 11.6 Å². The summed E-state index contributed by atoms with van der Waals surface area (Å²) >= 11 is 5.79. The molecule has 0 aliphatic heterocycles. The van der Waals surface area contributed by atoms with E-state index in [1.165, 1.54) is 4.57 Å². The van der Waals surface area contributed by atoms with E-state index in [-0.39, 0.29) is 11.0 Å². The van der Waals surface area contributed by atoms with Gasteiger partial charge in [0.1, 0.15) is 5.82 Å². The van der Waals surface area contributed by atoms with Gasteiger partial charge < -0.3 is 0 Å². The van der Waals surface area contributed by atoms with Gasteiger partial charge in [0, 0.05) is 6.42 Å². The Hall–Kier alpha value is -1.56. The van der Waals surface area contributed by atoms with Gasteiger partial charge in [-0.1, -0.05) is 6.92 Å². The van der Waals surface area contributed by atoms with Gasteiger partial charge in [0.25, 0.3) is 0 Å². The molecular weight excluding hydrogens is 267 g/mol. The summed E-state index contributed by atoms with van der Waals surface area (Å²) in [4.78, 5) is 0. The molecule has 0 radical (unpaired) electrons. The minimum absolute atomic E-state index is 0.0941. The molecule has 2 aromatic rings. The SMILES string of the molecule is CCCc1nnc(Cl)n1-c1ccc(F)c(F)c1F. The van der Waals surface area contributed by atoms with E-state index < -0.39 is 17.5 Å². The zero-order valence-electron chi connectivity index (χ0n) is 9.42. The fourth-order valence-corrected chi connectivity index (χ4v) is 1.83. The number of hydrogen-bond donors (Lipinski definition) is 0. The molecule has 0 unspecified atom stereocenters. The van der Waals surface area contributed by atoms with Crippen molar-refractivity contribution in [3.63, 3.8) is 0 Å². The molecule has 7 heteroatoms. The van der Waals surface area contributed by atoms with E-state index in [9.17, 15) is 13.2 Å². The first-order valence-electron chi connectivity index (χ1n) is 5.30. The molecule has 0 saturated heterocycles. The number of hydrogen-bond acceptors (Lipinski definition) is 2. The minimum Gasteiger partial charge on any atom is -0.267 e. The Morgan fingerprint density at radius 2 is 1.89 bits per heavy atom. The highest BCUT2D eigenvalue weighted by Gasteiger charge is 2.19. The van der Waals surface area contributed by atoms with E-state index in [4.69, 9.17) is 11.6 Å². The van der Waals surface area contributed by atoms with Crippen LogP contribution in [-0.4, -0.2) is 14.8 Å². The third-order valence-corrected chi connectivity index (χ3v) is 2.66. The van der Waals surface area contributed by atoms with E-state index in [0.29, 0.717) is 12.2 Å². The smallest absolute Gasteiger partial charge is 0.229 e. The van der Waals surface area contributed by atoms with E-state index in [2.05, 4.69) is 10.2 Å². The van der Waals surface area contributed by atoms with Gasteiger partial charge in [-0.3, -0.25) is 4.57 Å². The van der Waals surface area contributed by atoms with Crippen molar-refractivity contribution < 1.29 is 13.2 Å². The maximum absolute atomic E-state index is 13.7. The minimum atomic E-state index is -1.54. The van der Waals surface area contributed by atoms with Crippen LogP contribution in [0.4, 0.5) is 13.2 Å². The lowest BCUT2D eigenvalue weighted by molar-refractivity contribution is 0.444. The van der Waals surface area contributed by atoms with Crippen molar-refractivity contribution in [1.82, 2.24) is 14.8 Å². The fourth-order valence-electron chi connectivity index (χ4n) is 1.61. The number of aryl methyl sites for hydroxylation is 1. The first-order chi connectivity index (χ1) is 8.56. The molecule has 0 saturated carbocycles. The zero-order valence-corrected chi connectivity index (χ0v) is 10.2. The van der Waals surface area contributed by atoms with Crippen molar-refractivity contribution in [3.05, 3.63) is 40.7 Å². The van der Waals surface area contributed by atoms with Crippen LogP contribution in [0.2, 0.25) is 5.28 Å². The van der Waals surface area contributed by atoms with E-state index in [1.807, 2.05) is 6.92 Å². The van der Waals surface area contributed by atoms with Gasteiger partial charge in [-0.05, 0) is 30.2 Å². The summed E-state index contributed by atoms with van der Waals surface area (Å²) in [5, 5.41) is 7.28. The summed E-state index contributed by atoms with van der Waals surface area (Å²) in [6.45, 7) is 1.90. The van der Waals surface area contributed by atoms with Crippen LogP contribution in [0.5, 0.6) is 0 Å². The monoisotopic (exact) mass is 275 g/mol. The van der Waals surface area contributed by atoms with Crippen LogP contribution in [0, 0.1) is 17.5 Å². The van der Waals surface area contributed by atoms with Crippen LogP contribution >= 0.6 is 11.6 Å². The lowest BCUT2D eigenvalue weighted by atomic mass is 10.2. The third-order valence-electron chi connectivity index (χ3n) is 2.42. The van der Waals surface area contributed by atoms with Crippen LogP contribution in [0.25, 0.3) is 5.69 Å². The maximum atomic E-state index is 13.7. The fraction of sp³-hybridized carbons (Fsp3) is 0.273. The van der Waals surface area contributed by atoms with Gasteiger partial charge in [0.2, 0.25) is 5.28 Å². The second-order valence-electron chi connectivity index (χ2n) is 3.67. The Morgan fingerprint density at radius 1 is 1.17 bits per heavy atom. The summed E-state index contributed by atoms with van der Waals surface area (Å²) in [5.74, 6) is -3.71. The first kappa shape index (κ1) is 12.9. The van der Waals surface area contributed by atoms with Crippen LogP contribution in [0.3, 0.4) is 0 Å². The summed E-state index contributed by atoms with van der Waals surface area (Å²) in [7, 11) is 0. The molecule has 0 N–H and O–H groups in total. The summed E-state index contributed by atoms with van der Waals surface area (Å²) < 4.78 is 40.9. The molecule has 1 aromatic carbocycles. The van der Waals surface area contributed by atoms with Crippen LogP contribution < -0.4 is 0 Å². The molecule has 0 aliphatic carbocycles. The van der Waals surface area contributed by atoms with Gasteiger partial charge in [0.05, 0.1) is 5.69 Å². The molecule has 0 bridgehead atoms. The zero-order chi connectivity index (χ0) is 13.3. The van der Waals surface area contributed by atoms with Crippen LogP contribution in [-0.2, 0) is 6.42 Å². The van der Waals surface area contributed by atoms with Crippen LogP contribution in [0.15, 0.2) is 12.1 Å². The van der Waals surface area contributed by atoms with Gasteiger partial charge in [-0.2, -0.15) is 0 Å². The Balaban J connectivity index is 2.62. The second kappa shape index (κ2) is 4.97. The average molecular weight is 276 g/mol. The number of rotatable bonds is 3. The molecule has 3 nitrogen and oxygen atoms in total. The van der Waals surface area contributed by atoms with E-state index in [1.54, 1.807) is 0 Å². The Morgan fingerprint density at radius 3 is 2.56 bits per heavy atom. The summed E-state index contributed by atoms with van der Waals surface area (Å²) in [6.07, 6.45) is 1.23. The van der Waals surface area contributed by atoms with E-state index in [0.717, 1.165) is 18.6 Å². The molecule has 2 rings (SSSR count). The number of benzene rings is 1. The van der Waals surface area contributed by atoms with Crippen molar-refractivity contribution in [2.75, 3.05) is 0 Å². The molecule has 96 valence electrons. The standard InChI is InChI=1S/C11H9ClF3N3/c1-2-3-8-16-17-11(12)18(8)7-5-4-6(13)9(14)10(7)15/h4-5H,2-3H2,1H3. The number of halogens is 4. The molecule has 1 aromatic heterocycles. The molecular formula is C11H9ClF3N3. The van der Waals surface area contributed by atoms with E-state index >= 15 is 0 Å². The van der Waals surface area contributed by atoms with Crippen molar-refractivity contribution in [2.45, 2.75) is 19.8 Å². The summed E-state index contributed by atoms with van der Waals surface area (Å²) in [5.41, 5.74) is -0.202. The highest BCUT2D eigenvalue weighted by Crippen LogP contribution is 2.23. The quantitative estimate of drug-likeness (QED) is 0.805. The summed E-state index contributed by atoms with van der Waals surface area (Å²) in [6, 6.07) is 1.93. The molecule has 0 aliphatic rings. The predicted octanol–water partition coefficient (Wildman–Crippen LogP) is 3.29. The Bertz CT molecular complexity index is 583. The normalized spacial score (nSPS) is 10.9.